The van der Waals surface area contributed by atoms with Crippen molar-refractivity contribution in [1.82, 2.24) is 9.80 Å². The van der Waals surface area contributed by atoms with Crippen molar-refractivity contribution in [2.75, 3.05) is 11.9 Å². The van der Waals surface area contributed by atoms with Crippen LogP contribution in [0.1, 0.15) is 17.5 Å². The lowest BCUT2D eigenvalue weighted by molar-refractivity contribution is -0.130. The molecule has 0 aromatic heterocycles. The van der Waals surface area contributed by atoms with Crippen LogP contribution in [-0.4, -0.2) is 39.3 Å². The van der Waals surface area contributed by atoms with Gasteiger partial charge in [0.05, 0.1) is 6.42 Å². The number of anilines is 1. The highest BCUT2D eigenvalue weighted by molar-refractivity contribution is 9.10. The summed E-state index contributed by atoms with van der Waals surface area (Å²) < 4.78 is 0.930. The molecule has 1 heterocycles. The van der Waals surface area contributed by atoms with Crippen LogP contribution in [-0.2, 0) is 22.6 Å². The molecule has 168 valence electrons. The lowest BCUT2D eigenvalue weighted by atomic mass is 10.1. The molecule has 1 N–H and O–H groups in total. The Morgan fingerprint density at radius 1 is 0.909 bits per heavy atom. The van der Waals surface area contributed by atoms with Gasteiger partial charge in [-0.05, 0) is 54.0 Å². The largest absolute Gasteiger partial charge is 0.332 e. The first-order valence-corrected chi connectivity index (χ1v) is 12.0. The van der Waals surface area contributed by atoms with Crippen molar-refractivity contribution < 1.29 is 9.59 Å². The fourth-order valence-electron chi connectivity index (χ4n) is 3.86. The van der Waals surface area contributed by atoms with Crippen LogP contribution in [0, 0.1) is 0 Å². The highest BCUT2D eigenvalue weighted by Gasteiger charge is 2.43. The Hall–Kier alpha value is -3.03. The van der Waals surface area contributed by atoms with Crippen LogP contribution >= 0.6 is 28.1 Å². The molecule has 7 heteroatoms. The van der Waals surface area contributed by atoms with E-state index in [-0.39, 0.29) is 18.2 Å². The molecule has 1 atom stereocenters. The van der Waals surface area contributed by atoms with Crippen LogP contribution in [0.2, 0.25) is 0 Å². The van der Waals surface area contributed by atoms with Gasteiger partial charge in [0.25, 0.3) is 5.91 Å². The summed E-state index contributed by atoms with van der Waals surface area (Å²) in [6.07, 6.45) is 0.730. The van der Waals surface area contributed by atoms with E-state index in [0.717, 1.165) is 15.6 Å². The SMILES string of the molecule is O=C(CC1C(=O)N(CCc2ccccc2)C(=S)N1Cc1ccccc1)Nc1ccc(Br)cc1. The predicted octanol–water partition coefficient (Wildman–Crippen LogP) is 5.02. The number of hydrogen-bond donors (Lipinski definition) is 1. The summed E-state index contributed by atoms with van der Waals surface area (Å²) in [5, 5.41) is 3.36. The standard InChI is InChI=1S/C26H24BrN3O2S/c27-21-11-13-22(14-12-21)28-24(31)17-23-25(32)29(16-15-19-7-3-1-4-8-19)26(33)30(23)18-20-9-5-2-6-10-20/h1-14,23H,15-18H2,(H,28,31). The lowest BCUT2D eigenvalue weighted by Gasteiger charge is -2.24. The van der Waals surface area contributed by atoms with Crippen molar-refractivity contribution >= 4 is 50.8 Å². The van der Waals surface area contributed by atoms with Crippen molar-refractivity contribution in [3.05, 3.63) is 101 Å². The monoisotopic (exact) mass is 521 g/mol. The average Bonchev–Trinajstić information content (AvgIpc) is 3.04. The van der Waals surface area contributed by atoms with Gasteiger partial charge in [0.1, 0.15) is 6.04 Å². The third-order valence-electron chi connectivity index (χ3n) is 5.57. The van der Waals surface area contributed by atoms with E-state index < -0.39 is 6.04 Å². The molecular weight excluding hydrogens is 498 g/mol. The summed E-state index contributed by atoms with van der Waals surface area (Å²) in [5.74, 6) is -0.348. The molecule has 3 aromatic carbocycles. The van der Waals surface area contributed by atoms with Crippen LogP contribution in [0.25, 0.3) is 0 Å². The number of nitrogens with one attached hydrogen (secondary N) is 1. The minimum atomic E-state index is -0.635. The Morgan fingerprint density at radius 2 is 1.52 bits per heavy atom. The Morgan fingerprint density at radius 3 is 2.15 bits per heavy atom. The van der Waals surface area contributed by atoms with Crippen molar-refractivity contribution in [2.45, 2.75) is 25.4 Å². The second-order valence-corrected chi connectivity index (χ2v) is 9.18. The predicted molar refractivity (Wildman–Crippen MR) is 138 cm³/mol. The number of carbonyl (C=O) groups excluding carboxylic acids is 2. The van der Waals surface area contributed by atoms with Crippen molar-refractivity contribution in [1.29, 1.82) is 0 Å². The number of rotatable bonds is 8. The van der Waals surface area contributed by atoms with Gasteiger partial charge in [-0.2, -0.15) is 0 Å². The number of benzene rings is 3. The summed E-state index contributed by atoms with van der Waals surface area (Å²) in [6, 6.07) is 26.6. The van der Waals surface area contributed by atoms with Gasteiger partial charge in [0.2, 0.25) is 5.91 Å². The molecule has 5 nitrogen and oxygen atoms in total. The van der Waals surface area contributed by atoms with Gasteiger partial charge in [0.15, 0.2) is 5.11 Å². The lowest BCUT2D eigenvalue weighted by Crippen LogP contribution is -2.37. The number of halogens is 1. The van der Waals surface area contributed by atoms with Gasteiger partial charge in [-0.3, -0.25) is 14.5 Å². The summed E-state index contributed by atoms with van der Waals surface area (Å²) in [4.78, 5) is 29.7. The smallest absolute Gasteiger partial charge is 0.252 e. The number of amides is 2. The number of nitrogens with zero attached hydrogens (tertiary/aromatic N) is 2. The summed E-state index contributed by atoms with van der Waals surface area (Å²) in [7, 11) is 0. The van der Waals surface area contributed by atoms with E-state index >= 15 is 0 Å². The van der Waals surface area contributed by atoms with Gasteiger partial charge < -0.3 is 10.2 Å². The van der Waals surface area contributed by atoms with Crippen molar-refractivity contribution in [3.63, 3.8) is 0 Å². The second kappa shape index (κ2) is 10.7. The Bertz CT molecular complexity index is 1120. The molecule has 1 saturated heterocycles. The zero-order valence-corrected chi connectivity index (χ0v) is 20.4. The highest BCUT2D eigenvalue weighted by atomic mass is 79.9. The fourth-order valence-corrected chi connectivity index (χ4v) is 4.50. The third kappa shape index (κ3) is 5.86. The van der Waals surface area contributed by atoms with Crippen LogP contribution in [0.15, 0.2) is 89.4 Å². The van der Waals surface area contributed by atoms with E-state index in [1.807, 2.05) is 89.8 Å². The van der Waals surface area contributed by atoms with Gasteiger partial charge in [-0.15, -0.1) is 0 Å². The molecule has 0 aliphatic carbocycles. The molecule has 1 fully saturated rings. The molecule has 33 heavy (non-hydrogen) atoms. The number of hydrogen-bond acceptors (Lipinski definition) is 3. The van der Waals surface area contributed by atoms with Crippen molar-refractivity contribution in [2.24, 2.45) is 0 Å². The van der Waals surface area contributed by atoms with Gasteiger partial charge in [-0.25, -0.2) is 0 Å². The molecule has 0 spiro atoms. The van der Waals surface area contributed by atoms with Gasteiger partial charge in [-0.1, -0.05) is 76.6 Å². The van der Waals surface area contributed by atoms with Crippen LogP contribution in [0.5, 0.6) is 0 Å². The molecular formula is C26H24BrN3O2S. The highest BCUT2D eigenvalue weighted by Crippen LogP contribution is 2.25. The number of carbonyl (C=O) groups is 2. The number of thiocarbonyl (C=S) groups is 1. The molecule has 1 aliphatic rings. The Labute approximate surface area is 207 Å². The normalized spacial score (nSPS) is 15.7. The van der Waals surface area contributed by atoms with E-state index in [0.29, 0.717) is 30.3 Å². The minimum Gasteiger partial charge on any atom is -0.332 e. The zero-order valence-electron chi connectivity index (χ0n) is 18.0. The van der Waals surface area contributed by atoms with E-state index in [1.54, 1.807) is 4.90 Å². The first-order chi connectivity index (χ1) is 16.0. The molecule has 1 unspecified atom stereocenters. The topological polar surface area (TPSA) is 52.7 Å². The third-order valence-corrected chi connectivity index (χ3v) is 6.56. The molecule has 0 bridgehead atoms. The van der Waals surface area contributed by atoms with E-state index in [2.05, 4.69) is 21.2 Å². The molecule has 2 amide bonds. The quantitative estimate of drug-likeness (QED) is 0.423. The molecule has 0 saturated carbocycles. The second-order valence-electron chi connectivity index (χ2n) is 7.90. The molecule has 4 rings (SSSR count). The summed E-state index contributed by atoms with van der Waals surface area (Å²) >= 11 is 9.11. The van der Waals surface area contributed by atoms with Gasteiger partial charge in [0, 0.05) is 23.2 Å². The van der Waals surface area contributed by atoms with E-state index in [9.17, 15) is 9.59 Å². The maximum atomic E-state index is 13.4. The zero-order chi connectivity index (χ0) is 23.2. The first kappa shape index (κ1) is 23.1. The Balaban J connectivity index is 1.50. The minimum absolute atomic E-state index is 0.0315. The molecule has 0 radical (unpaired) electrons. The summed E-state index contributed by atoms with van der Waals surface area (Å²) in [6.45, 7) is 0.960. The van der Waals surface area contributed by atoms with E-state index in [4.69, 9.17) is 12.2 Å². The van der Waals surface area contributed by atoms with Gasteiger partial charge >= 0.3 is 0 Å². The fraction of sp³-hybridized carbons (Fsp3) is 0.192. The molecule has 3 aromatic rings. The Kier molecular flexibility index (Phi) is 7.52. The van der Waals surface area contributed by atoms with E-state index in [1.165, 1.54) is 0 Å². The van der Waals surface area contributed by atoms with Crippen LogP contribution in [0.4, 0.5) is 5.69 Å². The van der Waals surface area contributed by atoms with Crippen LogP contribution < -0.4 is 5.32 Å². The maximum Gasteiger partial charge on any atom is 0.252 e. The van der Waals surface area contributed by atoms with Crippen LogP contribution in [0.3, 0.4) is 0 Å². The average molecular weight is 522 g/mol. The maximum absolute atomic E-state index is 13.4. The molecule has 1 aliphatic heterocycles. The van der Waals surface area contributed by atoms with Crippen molar-refractivity contribution in [3.8, 4) is 0 Å². The first-order valence-electron chi connectivity index (χ1n) is 10.8. The summed E-state index contributed by atoms with van der Waals surface area (Å²) in [5.41, 5.74) is 2.86.